The molecule has 0 radical (unpaired) electrons. The van der Waals surface area contributed by atoms with E-state index < -0.39 is 11.7 Å². The number of amides is 1. The van der Waals surface area contributed by atoms with E-state index in [0.29, 0.717) is 27.8 Å². The zero-order chi connectivity index (χ0) is 19.4. The van der Waals surface area contributed by atoms with Crippen LogP contribution in [0.4, 0.5) is 21.7 Å². The van der Waals surface area contributed by atoms with Gasteiger partial charge in [-0.05, 0) is 49.4 Å². The van der Waals surface area contributed by atoms with E-state index in [1.54, 1.807) is 43.3 Å². The van der Waals surface area contributed by atoms with Gasteiger partial charge in [0.2, 0.25) is 5.95 Å². The van der Waals surface area contributed by atoms with Crippen LogP contribution in [0.5, 0.6) is 5.75 Å². The van der Waals surface area contributed by atoms with Gasteiger partial charge < -0.3 is 15.4 Å². The smallest absolute Gasteiger partial charge is 0.274 e. The van der Waals surface area contributed by atoms with E-state index in [0.717, 1.165) is 0 Å². The van der Waals surface area contributed by atoms with Crippen LogP contribution >= 0.6 is 11.6 Å². The average molecular weight is 387 g/mol. The number of nitrogens with one attached hydrogen (secondary N) is 2. The Labute approximate surface area is 160 Å². The second kappa shape index (κ2) is 8.01. The Morgan fingerprint density at radius 2 is 1.96 bits per heavy atom. The van der Waals surface area contributed by atoms with Crippen LogP contribution in [0, 0.1) is 12.7 Å². The number of benzene rings is 2. The van der Waals surface area contributed by atoms with Crippen LogP contribution in [-0.4, -0.2) is 23.0 Å². The summed E-state index contributed by atoms with van der Waals surface area (Å²) in [5, 5.41) is 6.06. The number of anilines is 3. The van der Waals surface area contributed by atoms with Crippen molar-refractivity contribution in [2.45, 2.75) is 6.92 Å². The molecule has 0 atom stereocenters. The summed E-state index contributed by atoms with van der Waals surface area (Å²) in [5.41, 5.74) is 1.62. The van der Waals surface area contributed by atoms with Crippen molar-refractivity contribution in [3.8, 4) is 5.75 Å². The molecule has 0 aliphatic heterocycles. The fourth-order valence-corrected chi connectivity index (χ4v) is 2.57. The van der Waals surface area contributed by atoms with Gasteiger partial charge in [-0.1, -0.05) is 17.7 Å². The minimum absolute atomic E-state index is 0.142. The molecule has 3 aromatic rings. The van der Waals surface area contributed by atoms with E-state index in [4.69, 9.17) is 16.3 Å². The number of rotatable bonds is 5. The molecule has 3 rings (SSSR count). The molecular formula is C19H16ClFN4O2. The molecule has 0 saturated heterocycles. The third-order valence-corrected chi connectivity index (χ3v) is 3.81. The lowest BCUT2D eigenvalue weighted by Gasteiger charge is -2.11. The van der Waals surface area contributed by atoms with Crippen molar-refractivity contribution in [2.75, 3.05) is 17.7 Å². The first-order valence-electron chi connectivity index (χ1n) is 7.98. The van der Waals surface area contributed by atoms with Gasteiger partial charge in [0.05, 0.1) is 12.8 Å². The second-order valence-electron chi connectivity index (χ2n) is 5.65. The van der Waals surface area contributed by atoms with Crippen molar-refractivity contribution in [3.05, 3.63) is 70.8 Å². The molecule has 6 nitrogen and oxygen atoms in total. The summed E-state index contributed by atoms with van der Waals surface area (Å²) in [7, 11) is 1.49. The number of hydrogen-bond donors (Lipinski definition) is 2. The number of methoxy groups -OCH3 is 1. The first-order valence-corrected chi connectivity index (χ1v) is 8.35. The zero-order valence-corrected chi connectivity index (χ0v) is 15.3. The topological polar surface area (TPSA) is 76.1 Å². The summed E-state index contributed by atoms with van der Waals surface area (Å²) in [6.07, 6.45) is 0. The van der Waals surface area contributed by atoms with Crippen LogP contribution in [0.25, 0.3) is 0 Å². The Morgan fingerprint density at radius 1 is 1.15 bits per heavy atom. The predicted molar refractivity (Wildman–Crippen MR) is 102 cm³/mol. The standard InChI is InChI=1S/C19H16ClFN4O2/c1-11-8-16(18(26)24-15-9-12(20)6-7-17(15)27-2)25-19(22-11)23-14-5-3-4-13(21)10-14/h3-10H,1-2H3,(H,24,26)(H,22,23,25). The lowest BCUT2D eigenvalue weighted by Crippen LogP contribution is -2.16. The van der Waals surface area contributed by atoms with Gasteiger partial charge in [0.25, 0.3) is 5.91 Å². The van der Waals surface area contributed by atoms with Crippen LogP contribution in [0.1, 0.15) is 16.2 Å². The Kier molecular flexibility index (Phi) is 5.52. The second-order valence-corrected chi connectivity index (χ2v) is 6.09. The molecule has 138 valence electrons. The summed E-state index contributed by atoms with van der Waals surface area (Å²) in [4.78, 5) is 21.0. The molecule has 0 saturated carbocycles. The van der Waals surface area contributed by atoms with Crippen molar-refractivity contribution >= 4 is 34.8 Å². The molecule has 27 heavy (non-hydrogen) atoms. The fourth-order valence-electron chi connectivity index (χ4n) is 2.40. The molecule has 0 bridgehead atoms. The number of carbonyl (C=O) groups is 1. The first kappa shape index (κ1) is 18.6. The predicted octanol–water partition coefficient (Wildman–Crippen LogP) is 4.58. The zero-order valence-electron chi connectivity index (χ0n) is 14.6. The van der Waals surface area contributed by atoms with Gasteiger partial charge >= 0.3 is 0 Å². The lowest BCUT2D eigenvalue weighted by atomic mass is 10.2. The van der Waals surface area contributed by atoms with E-state index in [1.807, 2.05) is 0 Å². The highest BCUT2D eigenvalue weighted by molar-refractivity contribution is 6.31. The minimum atomic E-state index is -0.455. The average Bonchev–Trinajstić information content (AvgIpc) is 2.61. The van der Waals surface area contributed by atoms with Gasteiger partial charge in [0.1, 0.15) is 17.3 Å². The van der Waals surface area contributed by atoms with Gasteiger partial charge in [-0.15, -0.1) is 0 Å². The molecule has 2 N–H and O–H groups in total. The maximum Gasteiger partial charge on any atom is 0.274 e. The highest BCUT2D eigenvalue weighted by atomic mass is 35.5. The molecular weight excluding hydrogens is 371 g/mol. The Balaban J connectivity index is 1.85. The molecule has 8 heteroatoms. The molecule has 0 unspecified atom stereocenters. The number of ether oxygens (including phenoxy) is 1. The van der Waals surface area contributed by atoms with Crippen LogP contribution in [-0.2, 0) is 0 Å². The number of hydrogen-bond acceptors (Lipinski definition) is 5. The number of halogens is 2. The first-order chi connectivity index (χ1) is 12.9. The van der Waals surface area contributed by atoms with E-state index in [2.05, 4.69) is 20.6 Å². The number of nitrogens with zero attached hydrogens (tertiary/aromatic N) is 2. The van der Waals surface area contributed by atoms with E-state index in [9.17, 15) is 9.18 Å². The number of carbonyl (C=O) groups excluding carboxylic acids is 1. The van der Waals surface area contributed by atoms with Crippen molar-refractivity contribution in [3.63, 3.8) is 0 Å². The van der Waals surface area contributed by atoms with Crippen molar-refractivity contribution in [2.24, 2.45) is 0 Å². The molecule has 0 fully saturated rings. The van der Waals surface area contributed by atoms with E-state index in [1.165, 1.54) is 19.2 Å². The van der Waals surface area contributed by atoms with Gasteiger partial charge in [-0.3, -0.25) is 4.79 Å². The molecule has 0 spiro atoms. The molecule has 0 aliphatic rings. The Bertz CT molecular complexity index is 997. The quantitative estimate of drug-likeness (QED) is 0.671. The minimum Gasteiger partial charge on any atom is -0.495 e. The van der Waals surface area contributed by atoms with Crippen LogP contribution in [0.15, 0.2) is 48.5 Å². The highest BCUT2D eigenvalue weighted by Crippen LogP contribution is 2.28. The van der Waals surface area contributed by atoms with Crippen molar-refractivity contribution in [1.82, 2.24) is 9.97 Å². The number of aromatic nitrogens is 2. The van der Waals surface area contributed by atoms with Crippen molar-refractivity contribution < 1.29 is 13.9 Å². The SMILES string of the molecule is COc1ccc(Cl)cc1NC(=O)c1cc(C)nc(Nc2cccc(F)c2)n1. The molecule has 1 aromatic heterocycles. The summed E-state index contributed by atoms with van der Waals surface area (Å²) in [6.45, 7) is 1.73. The maximum atomic E-state index is 13.3. The van der Waals surface area contributed by atoms with Gasteiger partial charge in [-0.2, -0.15) is 0 Å². The van der Waals surface area contributed by atoms with Crippen LogP contribution in [0.2, 0.25) is 5.02 Å². The lowest BCUT2D eigenvalue weighted by molar-refractivity contribution is 0.102. The summed E-state index contributed by atoms with van der Waals surface area (Å²) < 4.78 is 18.6. The number of aryl methyl sites for hydroxylation is 1. The van der Waals surface area contributed by atoms with Gasteiger partial charge in [-0.25, -0.2) is 14.4 Å². The monoisotopic (exact) mass is 386 g/mol. The molecule has 1 heterocycles. The van der Waals surface area contributed by atoms with Crippen LogP contribution in [0.3, 0.4) is 0 Å². The van der Waals surface area contributed by atoms with E-state index in [-0.39, 0.29) is 11.6 Å². The molecule has 0 aliphatic carbocycles. The Morgan fingerprint density at radius 3 is 2.70 bits per heavy atom. The van der Waals surface area contributed by atoms with Gasteiger partial charge in [0, 0.05) is 16.4 Å². The normalized spacial score (nSPS) is 10.4. The largest absolute Gasteiger partial charge is 0.495 e. The van der Waals surface area contributed by atoms with Crippen LogP contribution < -0.4 is 15.4 Å². The van der Waals surface area contributed by atoms with Crippen molar-refractivity contribution in [1.29, 1.82) is 0 Å². The molecule has 2 aromatic carbocycles. The highest BCUT2D eigenvalue weighted by Gasteiger charge is 2.14. The molecule has 1 amide bonds. The third kappa shape index (κ3) is 4.71. The maximum absolute atomic E-state index is 13.3. The third-order valence-electron chi connectivity index (χ3n) is 3.58. The fraction of sp³-hybridized carbons (Fsp3) is 0.105. The Hall–Kier alpha value is -3.19. The van der Waals surface area contributed by atoms with Gasteiger partial charge in [0.15, 0.2) is 0 Å². The summed E-state index contributed by atoms with van der Waals surface area (Å²) in [5.74, 6) is -0.192. The summed E-state index contributed by atoms with van der Waals surface area (Å²) in [6, 6.07) is 12.3. The van der Waals surface area contributed by atoms with E-state index >= 15 is 0 Å². The summed E-state index contributed by atoms with van der Waals surface area (Å²) >= 11 is 5.98.